The van der Waals surface area contributed by atoms with Crippen LogP contribution in [-0.4, -0.2) is 45.2 Å². The van der Waals surface area contributed by atoms with Gasteiger partial charge in [-0.05, 0) is 52.7 Å². The van der Waals surface area contributed by atoms with Crippen molar-refractivity contribution >= 4 is 28.9 Å². The molecule has 2 amide bonds. The number of H-pyrrole nitrogens is 1. The van der Waals surface area contributed by atoms with Gasteiger partial charge in [0.2, 0.25) is 5.91 Å². The van der Waals surface area contributed by atoms with E-state index >= 15 is 0 Å². The van der Waals surface area contributed by atoms with Gasteiger partial charge in [0, 0.05) is 23.1 Å². The van der Waals surface area contributed by atoms with Gasteiger partial charge in [-0.25, -0.2) is 4.79 Å². The Bertz CT molecular complexity index is 895. The molecule has 1 heterocycles. The molecule has 0 bridgehead atoms. The molecule has 0 aliphatic heterocycles. The Hall–Kier alpha value is -3.03. The SMILES string of the molecule is CC(C)(C)OC(=O)NC(C)(C)C(=O)N[C@@H](CC(=O)O)Cc1c[nH]c2ccccc12. The van der Waals surface area contributed by atoms with Gasteiger partial charge in [-0.15, -0.1) is 0 Å². The van der Waals surface area contributed by atoms with Crippen LogP contribution in [0.5, 0.6) is 0 Å². The number of para-hydroxylation sites is 1. The van der Waals surface area contributed by atoms with E-state index in [1.54, 1.807) is 20.8 Å². The number of ether oxygens (including phenoxy) is 1. The van der Waals surface area contributed by atoms with E-state index in [1.807, 2.05) is 30.5 Å². The summed E-state index contributed by atoms with van der Waals surface area (Å²) in [5, 5.41) is 15.5. The fourth-order valence-corrected chi connectivity index (χ4v) is 2.93. The predicted octanol–water partition coefficient (Wildman–Crippen LogP) is 2.97. The molecule has 1 aromatic heterocycles. The van der Waals surface area contributed by atoms with Crippen LogP contribution in [0.2, 0.25) is 0 Å². The van der Waals surface area contributed by atoms with Gasteiger partial charge >= 0.3 is 12.1 Å². The number of alkyl carbamates (subject to hydrolysis) is 1. The van der Waals surface area contributed by atoms with Gasteiger partial charge < -0.3 is 25.5 Å². The molecule has 1 aromatic carbocycles. The van der Waals surface area contributed by atoms with Crippen LogP contribution in [0.25, 0.3) is 10.9 Å². The predicted molar refractivity (Wildman–Crippen MR) is 110 cm³/mol. The number of rotatable bonds is 7. The molecule has 8 nitrogen and oxygen atoms in total. The van der Waals surface area contributed by atoms with Crippen molar-refractivity contribution in [2.75, 3.05) is 0 Å². The molecule has 8 heteroatoms. The molecule has 2 aromatic rings. The minimum Gasteiger partial charge on any atom is -0.481 e. The topological polar surface area (TPSA) is 121 Å². The third-order valence-corrected chi connectivity index (χ3v) is 4.28. The summed E-state index contributed by atoms with van der Waals surface area (Å²) in [6.07, 6.45) is 1.19. The third kappa shape index (κ3) is 6.51. The van der Waals surface area contributed by atoms with Crippen LogP contribution in [0.4, 0.5) is 4.79 Å². The number of benzene rings is 1. The first kappa shape index (κ1) is 22.3. The number of amides is 2. The van der Waals surface area contributed by atoms with Gasteiger partial charge in [-0.3, -0.25) is 9.59 Å². The number of fused-ring (bicyclic) bond motifs is 1. The van der Waals surface area contributed by atoms with Gasteiger partial charge in [-0.1, -0.05) is 18.2 Å². The number of hydrogen-bond acceptors (Lipinski definition) is 4. The minimum absolute atomic E-state index is 0.242. The minimum atomic E-state index is -1.28. The normalized spacial score (nSPS) is 13.0. The van der Waals surface area contributed by atoms with Crippen molar-refractivity contribution in [3.05, 3.63) is 36.0 Å². The Morgan fingerprint density at radius 3 is 2.41 bits per heavy atom. The number of carbonyl (C=O) groups excluding carboxylic acids is 2. The summed E-state index contributed by atoms with van der Waals surface area (Å²) in [6.45, 7) is 8.25. The van der Waals surface area contributed by atoms with Crippen molar-refractivity contribution in [2.24, 2.45) is 0 Å². The van der Waals surface area contributed by atoms with Gasteiger partial charge in [0.25, 0.3) is 0 Å². The Morgan fingerprint density at radius 1 is 1.14 bits per heavy atom. The summed E-state index contributed by atoms with van der Waals surface area (Å²) in [5.41, 5.74) is -0.128. The Kier molecular flexibility index (Phi) is 6.56. The van der Waals surface area contributed by atoms with Crippen molar-refractivity contribution < 1.29 is 24.2 Å². The second kappa shape index (κ2) is 8.55. The molecule has 0 aliphatic rings. The zero-order valence-electron chi connectivity index (χ0n) is 17.5. The Morgan fingerprint density at radius 2 is 1.79 bits per heavy atom. The molecule has 0 spiro atoms. The Balaban J connectivity index is 2.11. The second-order valence-corrected chi connectivity index (χ2v) is 8.58. The first-order valence-corrected chi connectivity index (χ1v) is 9.46. The van der Waals surface area contributed by atoms with Crippen LogP contribution in [0.1, 0.15) is 46.6 Å². The monoisotopic (exact) mass is 403 g/mol. The number of hydrogen-bond donors (Lipinski definition) is 4. The molecule has 2 rings (SSSR count). The maximum atomic E-state index is 12.8. The highest BCUT2D eigenvalue weighted by molar-refractivity contribution is 5.90. The average molecular weight is 403 g/mol. The van der Waals surface area contributed by atoms with E-state index in [0.29, 0.717) is 6.42 Å². The van der Waals surface area contributed by atoms with Crippen molar-refractivity contribution in [3.8, 4) is 0 Å². The summed E-state index contributed by atoms with van der Waals surface area (Å²) in [7, 11) is 0. The van der Waals surface area contributed by atoms with E-state index in [9.17, 15) is 19.5 Å². The number of aromatic nitrogens is 1. The average Bonchev–Trinajstić information content (AvgIpc) is 2.95. The lowest BCUT2D eigenvalue weighted by Crippen LogP contribution is -2.57. The number of nitrogens with one attached hydrogen (secondary N) is 3. The number of carbonyl (C=O) groups is 3. The molecule has 0 radical (unpaired) electrons. The van der Waals surface area contributed by atoms with Crippen LogP contribution < -0.4 is 10.6 Å². The number of aliphatic carboxylic acids is 1. The number of carboxylic acid groups (broad SMARTS) is 1. The smallest absolute Gasteiger partial charge is 0.408 e. The highest BCUT2D eigenvalue weighted by Gasteiger charge is 2.33. The lowest BCUT2D eigenvalue weighted by molar-refractivity contribution is -0.138. The summed E-state index contributed by atoms with van der Waals surface area (Å²) >= 11 is 0. The molecule has 0 saturated heterocycles. The molecule has 0 saturated carbocycles. The zero-order chi connectivity index (χ0) is 21.8. The zero-order valence-corrected chi connectivity index (χ0v) is 17.5. The van der Waals surface area contributed by atoms with E-state index in [-0.39, 0.29) is 6.42 Å². The van der Waals surface area contributed by atoms with E-state index in [0.717, 1.165) is 16.5 Å². The molecular formula is C21H29N3O5. The largest absolute Gasteiger partial charge is 0.481 e. The first-order chi connectivity index (χ1) is 13.4. The molecule has 29 heavy (non-hydrogen) atoms. The molecule has 1 atom stereocenters. The fraction of sp³-hybridized carbons (Fsp3) is 0.476. The molecular weight excluding hydrogens is 374 g/mol. The van der Waals surface area contributed by atoms with Gasteiger partial charge in [0.05, 0.1) is 6.42 Å². The third-order valence-electron chi connectivity index (χ3n) is 4.28. The van der Waals surface area contributed by atoms with Crippen LogP contribution >= 0.6 is 0 Å². The van der Waals surface area contributed by atoms with Gasteiger partial charge in [0.15, 0.2) is 0 Å². The highest BCUT2D eigenvalue weighted by atomic mass is 16.6. The molecule has 0 fully saturated rings. The summed E-state index contributed by atoms with van der Waals surface area (Å²) < 4.78 is 5.20. The Labute approximate surface area is 170 Å². The van der Waals surface area contributed by atoms with Gasteiger partial charge in [-0.2, -0.15) is 0 Å². The van der Waals surface area contributed by atoms with E-state index in [4.69, 9.17) is 4.74 Å². The molecule has 0 unspecified atom stereocenters. The second-order valence-electron chi connectivity index (χ2n) is 8.58. The van der Waals surface area contributed by atoms with Crippen LogP contribution in [0.3, 0.4) is 0 Å². The highest BCUT2D eigenvalue weighted by Crippen LogP contribution is 2.20. The van der Waals surface area contributed by atoms with Crippen LogP contribution in [0.15, 0.2) is 30.5 Å². The van der Waals surface area contributed by atoms with E-state index in [2.05, 4.69) is 15.6 Å². The number of aromatic amines is 1. The van der Waals surface area contributed by atoms with Crippen molar-refractivity contribution in [1.82, 2.24) is 15.6 Å². The van der Waals surface area contributed by atoms with Crippen molar-refractivity contribution in [3.63, 3.8) is 0 Å². The van der Waals surface area contributed by atoms with Gasteiger partial charge in [0.1, 0.15) is 11.1 Å². The molecule has 158 valence electrons. The number of carboxylic acids is 1. The lowest BCUT2D eigenvalue weighted by atomic mass is 9.99. The standard InChI is InChI=1S/C21H29N3O5/c1-20(2,3)29-19(28)24-21(4,5)18(27)23-14(11-17(25)26)10-13-12-22-16-9-7-6-8-15(13)16/h6-9,12,14,22H,10-11H2,1-5H3,(H,23,27)(H,24,28)(H,25,26)/t14-/m1/s1. The maximum absolute atomic E-state index is 12.8. The summed E-state index contributed by atoms with van der Waals surface area (Å²) in [6, 6.07) is 7.04. The quantitative estimate of drug-likeness (QED) is 0.566. The van der Waals surface area contributed by atoms with Crippen LogP contribution in [-0.2, 0) is 20.7 Å². The van der Waals surface area contributed by atoms with E-state index < -0.39 is 35.2 Å². The summed E-state index contributed by atoms with van der Waals surface area (Å²) in [5.74, 6) is -1.51. The maximum Gasteiger partial charge on any atom is 0.408 e. The summed E-state index contributed by atoms with van der Waals surface area (Å²) in [4.78, 5) is 39.3. The molecule has 0 aliphatic carbocycles. The van der Waals surface area contributed by atoms with Crippen molar-refractivity contribution in [2.45, 2.75) is 64.6 Å². The van der Waals surface area contributed by atoms with Crippen molar-refractivity contribution in [1.29, 1.82) is 0 Å². The first-order valence-electron chi connectivity index (χ1n) is 9.46. The lowest BCUT2D eigenvalue weighted by Gasteiger charge is -2.29. The molecule has 4 N–H and O–H groups in total. The van der Waals surface area contributed by atoms with E-state index in [1.165, 1.54) is 13.8 Å². The fourth-order valence-electron chi connectivity index (χ4n) is 2.93. The van der Waals surface area contributed by atoms with Crippen LogP contribution in [0, 0.1) is 0 Å².